The van der Waals surface area contributed by atoms with E-state index in [-0.39, 0.29) is 10.6 Å². The molecule has 0 atom stereocenters. The number of sulfonamides is 1. The van der Waals surface area contributed by atoms with Gasteiger partial charge in [0.15, 0.2) is 5.69 Å². The van der Waals surface area contributed by atoms with E-state index in [0.29, 0.717) is 40.2 Å². The number of ether oxygens (including phenoxy) is 1. The van der Waals surface area contributed by atoms with Gasteiger partial charge in [0, 0.05) is 22.4 Å². The number of H-pyrrole nitrogens is 1. The Kier molecular flexibility index (Phi) is 5.18. The van der Waals surface area contributed by atoms with Crippen LogP contribution in [0, 0.1) is 5.92 Å². The molecule has 0 aliphatic heterocycles. The molecule has 1 saturated carbocycles. The molecular weight excluding hydrogens is 392 g/mol. The zero-order chi connectivity index (χ0) is 20.6. The second-order valence-corrected chi connectivity index (χ2v) is 9.34. The topological polar surface area (TPSA) is 127 Å². The van der Waals surface area contributed by atoms with Crippen molar-refractivity contribution in [2.75, 3.05) is 13.7 Å². The minimum Gasteiger partial charge on any atom is -0.477 e. The van der Waals surface area contributed by atoms with Crippen molar-refractivity contribution in [3.63, 3.8) is 0 Å². The molecule has 0 saturated heterocycles. The Morgan fingerprint density at radius 2 is 2.00 bits per heavy atom. The highest BCUT2D eigenvalue weighted by atomic mass is 32.2. The highest BCUT2D eigenvalue weighted by Gasteiger charge is 2.20. The lowest BCUT2D eigenvalue weighted by molar-refractivity contribution is 0.0995. The molecule has 0 bridgehead atoms. The summed E-state index contributed by atoms with van der Waals surface area (Å²) in [5, 5.41) is 1.30. The summed E-state index contributed by atoms with van der Waals surface area (Å²) < 4.78 is 32.6. The molecule has 1 amide bonds. The highest BCUT2D eigenvalue weighted by molar-refractivity contribution is 7.89. The minimum absolute atomic E-state index is 0.0790. The number of primary amides is 1. The van der Waals surface area contributed by atoms with Gasteiger partial charge in [0.05, 0.1) is 17.0 Å². The maximum atomic E-state index is 12.2. The third kappa shape index (κ3) is 3.79. The van der Waals surface area contributed by atoms with Gasteiger partial charge in [-0.05, 0) is 44.0 Å². The summed E-state index contributed by atoms with van der Waals surface area (Å²) in [6.07, 6.45) is 5.93. The van der Waals surface area contributed by atoms with Crippen LogP contribution < -0.4 is 15.2 Å². The number of carbonyl (C=O) groups excluding carboxylic acids is 1. The number of rotatable bonds is 6. The average molecular weight is 417 g/mol. The van der Waals surface area contributed by atoms with Crippen molar-refractivity contribution in [3.8, 4) is 5.88 Å². The molecule has 8 nitrogen and oxygen atoms in total. The lowest BCUT2D eigenvalue weighted by Crippen LogP contribution is -2.18. The Balaban J connectivity index is 1.80. The Morgan fingerprint density at radius 3 is 2.69 bits per heavy atom. The van der Waals surface area contributed by atoms with Crippen LogP contribution in [0.4, 0.5) is 0 Å². The summed E-state index contributed by atoms with van der Waals surface area (Å²) >= 11 is 0. The number of hydrogen-bond acceptors (Lipinski definition) is 5. The van der Waals surface area contributed by atoms with Crippen molar-refractivity contribution in [1.29, 1.82) is 0 Å². The molecule has 2 aromatic heterocycles. The number of carbonyl (C=O) groups is 1. The van der Waals surface area contributed by atoms with Crippen LogP contribution in [0.15, 0.2) is 29.2 Å². The molecule has 1 aliphatic carbocycles. The van der Waals surface area contributed by atoms with Gasteiger partial charge in [0.1, 0.15) is 0 Å². The minimum atomic E-state index is -3.60. The largest absolute Gasteiger partial charge is 0.477 e. The molecule has 154 valence electrons. The maximum absolute atomic E-state index is 12.2. The summed E-state index contributed by atoms with van der Waals surface area (Å²) in [4.78, 5) is 19.6. The Morgan fingerprint density at radius 1 is 1.24 bits per heavy atom. The van der Waals surface area contributed by atoms with Crippen LogP contribution in [-0.4, -0.2) is 37.9 Å². The van der Waals surface area contributed by atoms with E-state index in [9.17, 15) is 13.2 Å². The number of nitrogens with one attached hydrogen (secondary N) is 2. The molecular formula is C20H24N4O4S. The fraction of sp³-hybridized carbons (Fsp3) is 0.400. The van der Waals surface area contributed by atoms with Crippen molar-refractivity contribution in [1.82, 2.24) is 14.7 Å². The summed E-state index contributed by atoms with van der Waals surface area (Å²) in [6.45, 7) is 0.540. The van der Waals surface area contributed by atoms with E-state index >= 15 is 0 Å². The number of pyridine rings is 1. The van der Waals surface area contributed by atoms with E-state index in [0.717, 1.165) is 12.8 Å². The number of fused-ring (bicyclic) bond motifs is 3. The van der Waals surface area contributed by atoms with Crippen molar-refractivity contribution in [2.24, 2.45) is 11.7 Å². The number of amides is 1. The van der Waals surface area contributed by atoms with Crippen molar-refractivity contribution in [3.05, 3.63) is 30.0 Å². The van der Waals surface area contributed by atoms with Crippen LogP contribution >= 0.6 is 0 Å². The third-order valence-corrected chi connectivity index (χ3v) is 6.95. The third-order valence-electron chi connectivity index (χ3n) is 5.54. The molecule has 1 aromatic carbocycles. The molecule has 1 fully saturated rings. The molecule has 29 heavy (non-hydrogen) atoms. The molecule has 1 aliphatic rings. The van der Waals surface area contributed by atoms with Gasteiger partial charge in [-0.25, -0.2) is 18.1 Å². The van der Waals surface area contributed by atoms with Gasteiger partial charge >= 0.3 is 0 Å². The zero-order valence-electron chi connectivity index (χ0n) is 16.2. The highest BCUT2D eigenvalue weighted by Crippen LogP contribution is 2.32. The monoisotopic (exact) mass is 416 g/mol. The predicted octanol–water partition coefficient (Wildman–Crippen LogP) is 2.68. The van der Waals surface area contributed by atoms with Gasteiger partial charge in [-0.1, -0.05) is 19.3 Å². The van der Waals surface area contributed by atoms with E-state index in [1.165, 1.54) is 32.4 Å². The maximum Gasteiger partial charge on any atom is 0.269 e. The van der Waals surface area contributed by atoms with Gasteiger partial charge in [0.25, 0.3) is 5.91 Å². The number of hydrogen-bond donors (Lipinski definition) is 3. The van der Waals surface area contributed by atoms with Crippen LogP contribution in [0.2, 0.25) is 0 Å². The SMILES string of the molecule is CNS(=O)(=O)c1ccc2[nH]c3c(C(N)=O)nc(OCC4CCCCC4)cc3c2c1. The number of nitrogens with two attached hydrogens (primary N) is 1. The average Bonchev–Trinajstić information content (AvgIpc) is 3.10. The Hall–Kier alpha value is -2.65. The molecule has 9 heteroatoms. The first kappa shape index (κ1) is 19.7. The second-order valence-electron chi connectivity index (χ2n) is 7.45. The first-order valence-corrected chi connectivity index (χ1v) is 11.2. The summed E-state index contributed by atoms with van der Waals surface area (Å²) in [7, 11) is -2.24. The van der Waals surface area contributed by atoms with Crippen molar-refractivity contribution >= 4 is 37.7 Å². The number of nitrogens with zero attached hydrogens (tertiary/aromatic N) is 1. The fourth-order valence-corrected chi connectivity index (χ4v) is 4.70. The van der Waals surface area contributed by atoms with Crippen LogP contribution in [-0.2, 0) is 10.0 Å². The van der Waals surface area contributed by atoms with E-state index in [2.05, 4.69) is 14.7 Å². The van der Waals surface area contributed by atoms with Gasteiger partial charge in [-0.3, -0.25) is 4.79 Å². The van der Waals surface area contributed by atoms with Gasteiger partial charge in [-0.2, -0.15) is 0 Å². The molecule has 4 rings (SSSR count). The van der Waals surface area contributed by atoms with Crippen LogP contribution in [0.3, 0.4) is 0 Å². The molecule has 2 heterocycles. The smallest absolute Gasteiger partial charge is 0.269 e. The van der Waals surface area contributed by atoms with Gasteiger partial charge in [0.2, 0.25) is 15.9 Å². The quantitative estimate of drug-likeness (QED) is 0.569. The van der Waals surface area contributed by atoms with E-state index in [4.69, 9.17) is 10.5 Å². The lowest BCUT2D eigenvalue weighted by Gasteiger charge is -2.21. The molecule has 0 spiro atoms. The van der Waals surface area contributed by atoms with Crippen molar-refractivity contribution < 1.29 is 17.9 Å². The summed E-state index contributed by atoms with van der Waals surface area (Å²) in [5.74, 6) is 0.126. The first-order chi connectivity index (χ1) is 13.9. The molecule has 0 radical (unpaired) electrons. The number of aromatic amines is 1. The standard InChI is InChI=1S/C20H24N4O4S/c1-22-29(26,27)13-7-8-16-14(9-13)15-10-17(24-19(20(21)25)18(15)23-16)28-11-12-5-3-2-4-6-12/h7-10,12,22-23H,2-6,11H2,1H3,(H2,21,25). The van der Waals surface area contributed by atoms with Gasteiger partial charge < -0.3 is 15.5 Å². The van der Waals surface area contributed by atoms with Crippen molar-refractivity contribution in [2.45, 2.75) is 37.0 Å². The number of benzene rings is 1. The predicted molar refractivity (Wildman–Crippen MR) is 110 cm³/mol. The summed E-state index contributed by atoms with van der Waals surface area (Å²) in [6, 6.07) is 6.46. The first-order valence-electron chi connectivity index (χ1n) is 9.71. The Bertz CT molecular complexity index is 1180. The summed E-state index contributed by atoms with van der Waals surface area (Å²) in [5.41, 5.74) is 6.78. The zero-order valence-corrected chi connectivity index (χ0v) is 17.0. The van der Waals surface area contributed by atoms with Crippen LogP contribution in [0.25, 0.3) is 21.8 Å². The van der Waals surface area contributed by atoms with Crippen LogP contribution in [0.1, 0.15) is 42.6 Å². The Labute approximate surface area is 168 Å². The normalized spacial score (nSPS) is 15.8. The van der Waals surface area contributed by atoms with Crippen LogP contribution in [0.5, 0.6) is 5.88 Å². The molecule has 4 N–H and O–H groups in total. The van der Waals surface area contributed by atoms with Gasteiger partial charge in [-0.15, -0.1) is 0 Å². The molecule has 3 aromatic rings. The van der Waals surface area contributed by atoms with E-state index in [1.807, 2.05) is 0 Å². The van der Waals surface area contributed by atoms with E-state index < -0.39 is 15.9 Å². The van der Waals surface area contributed by atoms with E-state index in [1.54, 1.807) is 18.2 Å². The lowest BCUT2D eigenvalue weighted by atomic mass is 9.90. The number of aromatic nitrogens is 2. The fourth-order valence-electron chi connectivity index (χ4n) is 3.94. The second kappa shape index (κ2) is 7.64. The molecule has 0 unspecified atom stereocenters.